The van der Waals surface area contributed by atoms with Crippen LogP contribution in [-0.2, 0) is 4.79 Å². The van der Waals surface area contributed by atoms with Crippen LogP contribution in [0.15, 0.2) is 24.3 Å². The third-order valence-corrected chi connectivity index (χ3v) is 4.37. The van der Waals surface area contributed by atoms with Crippen molar-refractivity contribution in [1.29, 1.82) is 0 Å². The second kappa shape index (κ2) is 9.25. The van der Waals surface area contributed by atoms with Crippen molar-refractivity contribution in [2.24, 2.45) is 17.6 Å². The van der Waals surface area contributed by atoms with Crippen molar-refractivity contribution in [3.05, 3.63) is 34.9 Å². The van der Waals surface area contributed by atoms with Crippen molar-refractivity contribution in [2.75, 3.05) is 6.54 Å². The fraction of sp³-hybridized carbons (Fsp3) is 0.529. The van der Waals surface area contributed by atoms with Crippen molar-refractivity contribution in [3.8, 4) is 0 Å². The molecule has 2 atom stereocenters. The number of carbonyl (C=O) groups is 2. The molecule has 0 radical (unpaired) electrons. The van der Waals surface area contributed by atoms with Gasteiger partial charge in [-0.2, -0.15) is 0 Å². The third-order valence-electron chi connectivity index (χ3n) is 4.11. The highest BCUT2D eigenvalue weighted by Gasteiger charge is 2.33. The molecule has 0 spiro atoms. The van der Waals surface area contributed by atoms with Crippen molar-refractivity contribution in [1.82, 2.24) is 10.6 Å². The lowest BCUT2D eigenvalue weighted by Crippen LogP contribution is -2.54. The van der Waals surface area contributed by atoms with E-state index in [1.165, 1.54) is 0 Å². The Balaban J connectivity index is 0.00000288. The van der Waals surface area contributed by atoms with Crippen LogP contribution in [0.25, 0.3) is 0 Å². The Labute approximate surface area is 154 Å². The first-order chi connectivity index (χ1) is 10.9. The largest absolute Gasteiger partial charge is 0.350 e. The summed E-state index contributed by atoms with van der Waals surface area (Å²) < 4.78 is 0. The van der Waals surface area contributed by atoms with Crippen molar-refractivity contribution in [2.45, 2.75) is 38.8 Å². The van der Waals surface area contributed by atoms with Gasteiger partial charge in [-0.3, -0.25) is 9.59 Å². The first-order valence-corrected chi connectivity index (χ1v) is 8.37. The number of benzene rings is 1. The van der Waals surface area contributed by atoms with Gasteiger partial charge < -0.3 is 16.4 Å². The Bertz CT molecular complexity index is 559. The number of nitrogens with one attached hydrogen (secondary N) is 2. The van der Waals surface area contributed by atoms with Crippen molar-refractivity contribution < 1.29 is 9.59 Å². The molecule has 1 saturated carbocycles. The molecule has 0 aromatic heterocycles. The summed E-state index contributed by atoms with van der Waals surface area (Å²) in [5.74, 6) is -0.0106. The summed E-state index contributed by atoms with van der Waals surface area (Å²) in [6.45, 7) is 4.23. The molecule has 1 aliphatic carbocycles. The van der Waals surface area contributed by atoms with Crippen LogP contribution < -0.4 is 16.4 Å². The van der Waals surface area contributed by atoms with Gasteiger partial charge in [0.15, 0.2) is 0 Å². The van der Waals surface area contributed by atoms with Crippen LogP contribution in [0, 0.1) is 11.8 Å². The quantitative estimate of drug-likeness (QED) is 0.685. The average Bonchev–Trinajstić information content (AvgIpc) is 3.34. The molecule has 7 heteroatoms. The topological polar surface area (TPSA) is 84.2 Å². The molecule has 0 saturated heterocycles. The predicted octanol–water partition coefficient (Wildman–Crippen LogP) is 2.37. The lowest BCUT2D eigenvalue weighted by molar-refractivity contribution is -0.124. The van der Waals surface area contributed by atoms with Gasteiger partial charge in [0.25, 0.3) is 5.91 Å². The van der Waals surface area contributed by atoms with E-state index in [9.17, 15) is 9.59 Å². The molecule has 134 valence electrons. The van der Waals surface area contributed by atoms with Gasteiger partial charge in [-0.1, -0.05) is 25.4 Å². The second-order valence-electron chi connectivity index (χ2n) is 6.39. The minimum Gasteiger partial charge on any atom is -0.350 e. The Morgan fingerprint density at radius 1 is 1.21 bits per heavy atom. The molecule has 1 aliphatic rings. The smallest absolute Gasteiger partial charge is 0.251 e. The number of hydrogen-bond donors (Lipinski definition) is 3. The fourth-order valence-corrected chi connectivity index (χ4v) is 2.63. The summed E-state index contributed by atoms with van der Waals surface area (Å²) in [5.41, 5.74) is 6.21. The SMILES string of the molecule is CC(C)C(NC(=O)c1ccc(Cl)cc1)C(=O)NC(CN)C1CC1.Cl. The molecule has 2 unspecified atom stereocenters. The minimum atomic E-state index is -0.592. The minimum absolute atomic E-state index is 0. The van der Waals surface area contributed by atoms with E-state index >= 15 is 0 Å². The number of halogens is 2. The lowest BCUT2D eigenvalue weighted by Gasteiger charge is -2.25. The number of carbonyl (C=O) groups excluding carboxylic acids is 2. The van der Waals surface area contributed by atoms with E-state index in [0.29, 0.717) is 23.0 Å². The van der Waals surface area contributed by atoms with Gasteiger partial charge in [-0.05, 0) is 48.9 Å². The van der Waals surface area contributed by atoms with Gasteiger partial charge in [0.2, 0.25) is 5.91 Å². The van der Waals surface area contributed by atoms with E-state index in [-0.39, 0.29) is 36.2 Å². The fourth-order valence-electron chi connectivity index (χ4n) is 2.50. The van der Waals surface area contributed by atoms with E-state index in [0.717, 1.165) is 12.8 Å². The Morgan fingerprint density at radius 2 is 1.79 bits per heavy atom. The van der Waals surface area contributed by atoms with Gasteiger partial charge in [0, 0.05) is 23.2 Å². The van der Waals surface area contributed by atoms with Crippen LogP contribution in [0.5, 0.6) is 0 Å². The van der Waals surface area contributed by atoms with E-state index in [2.05, 4.69) is 10.6 Å². The zero-order valence-corrected chi connectivity index (χ0v) is 15.5. The van der Waals surface area contributed by atoms with Crippen LogP contribution in [-0.4, -0.2) is 30.4 Å². The molecule has 1 aromatic rings. The third kappa shape index (κ3) is 5.65. The summed E-state index contributed by atoms with van der Waals surface area (Å²) in [5, 5.41) is 6.35. The van der Waals surface area contributed by atoms with E-state index in [1.54, 1.807) is 24.3 Å². The first-order valence-electron chi connectivity index (χ1n) is 7.99. The maximum Gasteiger partial charge on any atom is 0.251 e. The highest BCUT2D eigenvalue weighted by Crippen LogP contribution is 2.32. The molecule has 4 N–H and O–H groups in total. The zero-order valence-electron chi connectivity index (χ0n) is 13.9. The van der Waals surface area contributed by atoms with Crippen LogP contribution >= 0.6 is 24.0 Å². The van der Waals surface area contributed by atoms with Crippen LogP contribution in [0.1, 0.15) is 37.0 Å². The summed E-state index contributed by atoms with van der Waals surface area (Å²) in [6, 6.07) is 5.98. The monoisotopic (exact) mass is 373 g/mol. The lowest BCUT2D eigenvalue weighted by atomic mass is 10.0. The van der Waals surface area contributed by atoms with E-state index in [1.807, 2.05) is 13.8 Å². The molecule has 0 bridgehead atoms. The molecular formula is C17H25Cl2N3O2. The molecule has 1 fully saturated rings. The van der Waals surface area contributed by atoms with Gasteiger partial charge in [0.1, 0.15) is 6.04 Å². The molecule has 24 heavy (non-hydrogen) atoms. The molecule has 0 aliphatic heterocycles. The maximum atomic E-state index is 12.5. The van der Waals surface area contributed by atoms with Gasteiger partial charge in [0.05, 0.1) is 0 Å². The van der Waals surface area contributed by atoms with Crippen LogP contribution in [0.3, 0.4) is 0 Å². The second-order valence-corrected chi connectivity index (χ2v) is 6.83. The average molecular weight is 374 g/mol. The molecular weight excluding hydrogens is 349 g/mol. The summed E-state index contributed by atoms with van der Waals surface area (Å²) in [7, 11) is 0. The van der Waals surface area contributed by atoms with Gasteiger partial charge in [-0.15, -0.1) is 12.4 Å². The predicted molar refractivity (Wildman–Crippen MR) is 98.5 cm³/mol. The van der Waals surface area contributed by atoms with Gasteiger partial charge >= 0.3 is 0 Å². The normalized spacial score (nSPS) is 16.0. The molecule has 0 heterocycles. The highest BCUT2D eigenvalue weighted by molar-refractivity contribution is 6.30. The number of amides is 2. The summed E-state index contributed by atoms with van der Waals surface area (Å²) >= 11 is 5.82. The van der Waals surface area contributed by atoms with Crippen LogP contribution in [0.4, 0.5) is 0 Å². The number of rotatable bonds is 7. The Morgan fingerprint density at radius 3 is 2.25 bits per heavy atom. The Kier molecular flexibility index (Phi) is 8.00. The van der Waals surface area contributed by atoms with Crippen LogP contribution in [0.2, 0.25) is 5.02 Å². The van der Waals surface area contributed by atoms with Gasteiger partial charge in [-0.25, -0.2) is 0 Å². The molecule has 5 nitrogen and oxygen atoms in total. The highest BCUT2D eigenvalue weighted by atomic mass is 35.5. The Hall–Kier alpha value is -1.30. The summed E-state index contributed by atoms with van der Waals surface area (Å²) in [6.07, 6.45) is 2.21. The number of nitrogens with two attached hydrogens (primary N) is 1. The van der Waals surface area contributed by atoms with E-state index < -0.39 is 6.04 Å². The molecule has 1 aromatic carbocycles. The molecule has 2 amide bonds. The van der Waals surface area contributed by atoms with Crippen molar-refractivity contribution in [3.63, 3.8) is 0 Å². The number of hydrogen-bond acceptors (Lipinski definition) is 3. The maximum absolute atomic E-state index is 12.5. The summed E-state index contributed by atoms with van der Waals surface area (Å²) in [4.78, 5) is 24.8. The van der Waals surface area contributed by atoms with Crippen molar-refractivity contribution >= 4 is 35.8 Å². The van der Waals surface area contributed by atoms with E-state index in [4.69, 9.17) is 17.3 Å². The standard InChI is InChI=1S/C17H24ClN3O2.ClH/c1-10(2)15(17(23)20-14(9-19)11-3-4-11)21-16(22)12-5-7-13(18)8-6-12;/h5-8,10-11,14-15H,3-4,9,19H2,1-2H3,(H,20,23)(H,21,22);1H. The zero-order chi connectivity index (χ0) is 17.0. The first kappa shape index (κ1) is 20.7. The molecule has 2 rings (SSSR count).